The third-order valence-corrected chi connectivity index (χ3v) is 1.33. The monoisotopic (exact) mass is 160 g/mol. The first-order valence-electron chi connectivity index (χ1n) is 3.90. The van der Waals surface area contributed by atoms with Gasteiger partial charge in [0.25, 0.3) is 0 Å². The van der Waals surface area contributed by atoms with Crippen molar-refractivity contribution in [3.8, 4) is 0 Å². The van der Waals surface area contributed by atoms with Crippen LogP contribution in [0.4, 0.5) is 0 Å². The fourth-order valence-electron chi connectivity index (χ4n) is 0.746. The van der Waals surface area contributed by atoms with Gasteiger partial charge in [-0.25, -0.2) is 0 Å². The minimum Gasteiger partial charge on any atom is -0.470 e. The quantitative estimate of drug-likeness (QED) is 0.576. The van der Waals surface area contributed by atoms with Crippen LogP contribution in [0.15, 0.2) is 59.2 Å². The molecule has 0 radical (unpaired) electrons. The number of rotatable bonds is 0. The first-order valence-corrected chi connectivity index (χ1v) is 3.90. The summed E-state index contributed by atoms with van der Waals surface area (Å²) in [6.07, 6.45) is 1.66. The van der Waals surface area contributed by atoms with Gasteiger partial charge < -0.3 is 4.42 Å². The smallest absolute Gasteiger partial charge is 0.100 e. The van der Waals surface area contributed by atoms with Crippen LogP contribution in [0.3, 0.4) is 0 Å². The molecule has 2 aromatic rings. The zero-order chi connectivity index (χ0) is 8.65. The van der Waals surface area contributed by atoms with E-state index in [0.29, 0.717) is 0 Å². The molecule has 2 rings (SSSR count). The zero-order valence-corrected chi connectivity index (χ0v) is 7.10. The Kier molecular flexibility index (Phi) is 3.72. The zero-order valence-electron chi connectivity index (χ0n) is 7.10. The van der Waals surface area contributed by atoms with Gasteiger partial charge >= 0.3 is 0 Å². The van der Waals surface area contributed by atoms with Crippen molar-refractivity contribution in [1.29, 1.82) is 0 Å². The molecule has 0 atom stereocenters. The SMILES string of the molecule is Cc1ccco1.c1ccccc1. The topological polar surface area (TPSA) is 13.1 Å². The van der Waals surface area contributed by atoms with Gasteiger partial charge in [0, 0.05) is 0 Å². The van der Waals surface area contributed by atoms with Gasteiger partial charge in [-0.3, -0.25) is 0 Å². The average Bonchev–Trinajstić information content (AvgIpc) is 2.60. The van der Waals surface area contributed by atoms with E-state index in [1.807, 2.05) is 55.5 Å². The lowest BCUT2D eigenvalue weighted by molar-refractivity contribution is 0.534. The van der Waals surface area contributed by atoms with Crippen molar-refractivity contribution >= 4 is 0 Å². The molecule has 0 aliphatic heterocycles. The molecule has 62 valence electrons. The molecule has 0 N–H and O–H groups in total. The predicted molar refractivity (Wildman–Crippen MR) is 49.9 cm³/mol. The van der Waals surface area contributed by atoms with Crippen LogP contribution in [-0.4, -0.2) is 0 Å². The Morgan fingerprint density at radius 3 is 1.50 bits per heavy atom. The lowest BCUT2D eigenvalue weighted by atomic mass is 10.4. The first kappa shape index (κ1) is 8.60. The molecule has 0 amide bonds. The molecule has 0 saturated heterocycles. The van der Waals surface area contributed by atoms with Crippen molar-refractivity contribution in [2.24, 2.45) is 0 Å². The molecule has 1 aromatic heterocycles. The molecule has 0 spiro atoms. The maximum Gasteiger partial charge on any atom is 0.100 e. The lowest BCUT2D eigenvalue weighted by Gasteiger charge is -1.69. The molecule has 1 heterocycles. The summed E-state index contributed by atoms with van der Waals surface area (Å²) in [5, 5.41) is 0. The van der Waals surface area contributed by atoms with Gasteiger partial charge in [-0.05, 0) is 19.1 Å². The second-order valence-electron chi connectivity index (χ2n) is 2.38. The van der Waals surface area contributed by atoms with Gasteiger partial charge in [0.2, 0.25) is 0 Å². The molecular formula is C11H12O. The number of hydrogen-bond acceptors (Lipinski definition) is 1. The van der Waals surface area contributed by atoms with E-state index in [-0.39, 0.29) is 0 Å². The Hall–Kier alpha value is -1.50. The highest BCUT2D eigenvalue weighted by Gasteiger charge is 1.75. The minimum atomic E-state index is 0.968. The standard InChI is InChI=1S/C6H6.C5H6O/c1-2-4-6-5-3-1;1-5-3-2-4-6-5/h1-6H;2-4H,1H3. The van der Waals surface area contributed by atoms with Gasteiger partial charge in [-0.1, -0.05) is 36.4 Å². The van der Waals surface area contributed by atoms with Crippen molar-refractivity contribution in [3.63, 3.8) is 0 Å². The summed E-state index contributed by atoms with van der Waals surface area (Å²) in [5.41, 5.74) is 0. The molecular weight excluding hydrogens is 148 g/mol. The Balaban J connectivity index is 0.000000120. The van der Waals surface area contributed by atoms with E-state index < -0.39 is 0 Å². The maximum atomic E-state index is 4.83. The molecule has 1 heteroatoms. The van der Waals surface area contributed by atoms with E-state index in [2.05, 4.69) is 0 Å². The highest BCUT2D eigenvalue weighted by atomic mass is 16.3. The summed E-state index contributed by atoms with van der Waals surface area (Å²) in [7, 11) is 0. The van der Waals surface area contributed by atoms with E-state index in [1.54, 1.807) is 6.26 Å². The van der Waals surface area contributed by atoms with Crippen molar-refractivity contribution in [2.75, 3.05) is 0 Å². The molecule has 0 bridgehead atoms. The third kappa shape index (κ3) is 3.62. The Morgan fingerprint density at radius 2 is 1.33 bits per heavy atom. The van der Waals surface area contributed by atoms with Crippen LogP contribution in [0.25, 0.3) is 0 Å². The van der Waals surface area contributed by atoms with Crippen LogP contribution in [0.5, 0.6) is 0 Å². The molecule has 0 aliphatic rings. The van der Waals surface area contributed by atoms with Gasteiger partial charge in [0.15, 0.2) is 0 Å². The number of furan rings is 1. The number of hydrogen-bond donors (Lipinski definition) is 0. The maximum absolute atomic E-state index is 4.83. The fourth-order valence-corrected chi connectivity index (χ4v) is 0.746. The van der Waals surface area contributed by atoms with Crippen molar-refractivity contribution < 1.29 is 4.42 Å². The van der Waals surface area contributed by atoms with E-state index in [1.165, 1.54) is 0 Å². The van der Waals surface area contributed by atoms with Gasteiger partial charge in [0.1, 0.15) is 5.76 Å². The van der Waals surface area contributed by atoms with Crippen LogP contribution < -0.4 is 0 Å². The molecule has 0 unspecified atom stereocenters. The van der Waals surface area contributed by atoms with Gasteiger partial charge in [-0.15, -0.1) is 0 Å². The summed E-state index contributed by atoms with van der Waals surface area (Å²) in [6.45, 7) is 1.92. The summed E-state index contributed by atoms with van der Waals surface area (Å²) < 4.78 is 4.83. The fraction of sp³-hybridized carbons (Fsp3) is 0.0909. The van der Waals surface area contributed by atoms with Crippen molar-refractivity contribution in [1.82, 2.24) is 0 Å². The summed E-state index contributed by atoms with van der Waals surface area (Å²) in [6, 6.07) is 15.8. The van der Waals surface area contributed by atoms with Crippen molar-refractivity contribution in [2.45, 2.75) is 6.92 Å². The minimum absolute atomic E-state index is 0.968. The third-order valence-electron chi connectivity index (χ3n) is 1.33. The Bertz CT molecular complexity index is 244. The van der Waals surface area contributed by atoms with Crippen LogP contribution in [0, 0.1) is 6.92 Å². The first-order chi connectivity index (χ1) is 5.89. The van der Waals surface area contributed by atoms with E-state index in [4.69, 9.17) is 4.42 Å². The van der Waals surface area contributed by atoms with Crippen LogP contribution >= 0.6 is 0 Å². The number of aryl methyl sites for hydroxylation is 1. The Labute approximate surface area is 72.7 Å². The van der Waals surface area contributed by atoms with Crippen molar-refractivity contribution in [3.05, 3.63) is 60.6 Å². The van der Waals surface area contributed by atoms with E-state index in [0.717, 1.165) is 5.76 Å². The molecule has 0 saturated carbocycles. The number of benzene rings is 1. The van der Waals surface area contributed by atoms with Crippen LogP contribution in [-0.2, 0) is 0 Å². The molecule has 0 fully saturated rings. The predicted octanol–water partition coefficient (Wildman–Crippen LogP) is 3.27. The Morgan fingerprint density at radius 1 is 0.833 bits per heavy atom. The molecule has 12 heavy (non-hydrogen) atoms. The lowest BCUT2D eigenvalue weighted by Crippen LogP contribution is -1.48. The van der Waals surface area contributed by atoms with E-state index in [9.17, 15) is 0 Å². The van der Waals surface area contributed by atoms with Gasteiger partial charge in [-0.2, -0.15) is 0 Å². The van der Waals surface area contributed by atoms with Crippen LogP contribution in [0.2, 0.25) is 0 Å². The van der Waals surface area contributed by atoms with Gasteiger partial charge in [0.05, 0.1) is 6.26 Å². The highest BCUT2D eigenvalue weighted by molar-refractivity contribution is 4.99. The molecule has 1 nitrogen and oxygen atoms in total. The summed E-state index contributed by atoms with van der Waals surface area (Å²) in [4.78, 5) is 0. The second kappa shape index (κ2) is 5.19. The molecule has 0 aliphatic carbocycles. The largest absolute Gasteiger partial charge is 0.470 e. The average molecular weight is 160 g/mol. The normalized spacial score (nSPS) is 8.42. The highest BCUT2D eigenvalue weighted by Crippen LogP contribution is 1.93. The van der Waals surface area contributed by atoms with Crippen LogP contribution in [0.1, 0.15) is 5.76 Å². The summed E-state index contributed by atoms with van der Waals surface area (Å²) >= 11 is 0. The molecule has 1 aromatic carbocycles. The summed E-state index contributed by atoms with van der Waals surface area (Å²) in [5.74, 6) is 0.968. The van der Waals surface area contributed by atoms with E-state index >= 15 is 0 Å². The second-order valence-corrected chi connectivity index (χ2v) is 2.38.